The van der Waals surface area contributed by atoms with Gasteiger partial charge in [-0.15, -0.1) is 0 Å². The number of carbonyl (C=O) groups excluding carboxylic acids is 1. The lowest BCUT2D eigenvalue weighted by Gasteiger charge is -2.32. The molecule has 3 rings (SSSR count). The average Bonchev–Trinajstić information content (AvgIpc) is 2.70. The van der Waals surface area contributed by atoms with Crippen molar-refractivity contribution >= 4 is 21.6 Å². The Morgan fingerprint density at radius 3 is 2.48 bits per heavy atom. The number of halogens is 2. The molecule has 0 bridgehead atoms. The van der Waals surface area contributed by atoms with Crippen molar-refractivity contribution in [2.75, 3.05) is 19.0 Å². The summed E-state index contributed by atoms with van der Waals surface area (Å²) in [5.74, 6) is -2.60. The number of anilines is 1. The number of hydrogen-bond acceptors (Lipinski definition) is 4. The van der Waals surface area contributed by atoms with E-state index in [4.69, 9.17) is 4.74 Å². The van der Waals surface area contributed by atoms with Gasteiger partial charge in [0.1, 0.15) is 28.0 Å². The third kappa shape index (κ3) is 4.25. The summed E-state index contributed by atoms with van der Waals surface area (Å²) in [6.45, 7) is 2.21. The molecular weight excluding hydrogens is 402 g/mol. The highest BCUT2D eigenvalue weighted by atomic mass is 32.2. The summed E-state index contributed by atoms with van der Waals surface area (Å²) in [5.41, 5.74) is -0.654. The largest absolute Gasteiger partial charge is 0.495 e. The summed E-state index contributed by atoms with van der Waals surface area (Å²) in [7, 11) is -2.58. The van der Waals surface area contributed by atoms with Crippen LogP contribution in [0.1, 0.15) is 36.5 Å². The number of nitrogens with zero attached hydrogens (tertiary/aromatic N) is 1. The van der Waals surface area contributed by atoms with Gasteiger partial charge in [-0.05, 0) is 50.1 Å². The molecule has 1 heterocycles. The molecule has 1 unspecified atom stereocenters. The molecule has 9 heteroatoms. The summed E-state index contributed by atoms with van der Waals surface area (Å²) in [6, 6.07) is 6.89. The summed E-state index contributed by atoms with van der Waals surface area (Å²) in [4.78, 5) is 12.4. The Balaban J connectivity index is 1.98. The molecule has 0 spiro atoms. The summed E-state index contributed by atoms with van der Waals surface area (Å²) < 4.78 is 60.7. The highest BCUT2D eigenvalue weighted by Gasteiger charge is 2.33. The molecule has 1 N–H and O–H groups in total. The number of para-hydroxylation sites is 1. The maximum absolute atomic E-state index is 13.8. The minimum atomic E-state index is -3.92. The van der Waals surface area contributed by atoms with Crippen LogP contribution >= 0.6 is 0 Å². The van der Waals surface area contributed by atoms with Crippen molar-refractivity contribution in [3.63, 3.8) is 0 Å². The number of carbonyl (C=O) groups is 1. The number of nitrogens with one attached hydrogen (secondary N) is 1. The zero-order valence-corrected chi connectivity index (χ0v) is 16.9. The third-order valence-electron chi connectivity index (χ3n) is 4.96. The van der Waals surface area contributed by atoms with Crippen LogP contribution in [0.25, 0.3) is 0 Å². The number of amides is 1. The van der Waals surface area contributed by atoms with Gasteiger partial charge in [-0.3, -0.25) is 4.79 Å². The number of hydrogen-bond donors (Lipinski definition) is 1. The van der Waals surface area contributed by atoms with E-state index in [1.165, 1.54) is 35.7 Å². The predicted molar refractivity (Wildman–Crippen MR) is 105 cm³/mol. The second-order valence-corrected chi connectivity index (χ2v) is 8.74. The molecule has 156 valence electrons. The molecule has 0 aromatic heterocycles. The normalized spacial score (nSPS) is 17.7. The number of sulfonamides is 1. The van der Waals surface area contributed by atoms with Gasteiger partial charge < -0.3 is 10.1 Å². The van der Waals surface area contributed by atoms with Gasteiger partial charge in [0.25, 0.3) is 5.91 Å². The van der Waals surface area contributed by atoms with Crippen molar-refractivity contribution < 1.29 is 26.7 Å². The fraction of sp³-hybridized carbons (Fsp3) is 0.350. The molecule has 1 atom stereocenters. The van der Waals surface area contributed by atoms with Crippen LogP contribution in [0.3, 0.4) is 0 Å². The lowest BCUT2D eigenvalue weighted by atomic mass is 10.1. The van der Waals surface area contributed by atoms with E-state index in [1.807, 2.05) is 6.92 Å². The molecule has 0 saturated carbocycles. The zero-order valence-electron chi connectivity index (χ0n) is 16.1. The highest BCUT2D eigenvalue weighted by molar-refractivity contribution is 7.89. The van der Waals surface area contributed by atoms with E-state index in [-0.39, 0.29) is 22.3 Å². The maximum Gasteiger partial charge on any atom is 0.255 e. The quantitative estimate of drug-likeness (QED) is 0.793. The molecule has 1 aliphatic rings. The van der Waals surface area contributed by atoms with Crippen LogP contribution in [0.5, 0.6) is 5.75 Å². The Morgan fingerprint density at radius 2 is 1.86 bits per heavy atom. The minimum Gasteiger partial charge on any atom is -0.495 e. The highest BCUT2D eigenvalue weighted by Crippen LogP contribution is 2.32. The molecule has 0 aliphatic carbocycles. The fourth-order valence-corrected chi connectivity index (χ4v) is 5.26. The molecular formula is C20H22F2N2O4S. The van der Waals surface area contributed by atoms with Crippen LogP contribution in [0.2, 0.25) is 0 Å². The molecule has 29 heavy (non-hydrogen) atoms. The maximum atomic E-state index is 13.8. The van der Waals surface area contributed by atoms with Crippen molar-refractivity contribution in [1.29, 1.82) is 0 Å². The first-order valence-corrected chi connectivity index (χ1v) is 10.6. The predicted octanol–water partition coefficient (Wildman–Crippen LogP) is 3.79. The number of ether oxygens (including phenoxy) is 1. The smallest absolute Gasteiger partial charge is 0.255 e. The van der Waals surface area contributed by atoms with Gasteiger partial charge in [-0.25, -0.2) is 17.2 Å². The van der Waals surface area contributed by atoms with Crippen molar-refractivity contribution in [2.24, 2.45) is 0 Å². The summed E-state index contributed by atoms with van der Waals surface area (Å²) >= 11 is 0. The van der Waals surface area contributed by atoms with Crippen molar-refractivity contribution in [3.8, 4) is 5.75 Å². The van der Waals surface area contributed by atoms with Crippen molar-refractivity contribution in [3.05, 3.63) is 53.6 Å². The number of methoxy groups -OCH3 is 1. The van der Waals surface area contributed by atoms with Crippen LogP contribution < -0.4 is 10.1 Å². The lowest BCUT2D eigenvalue weighted by Crippen LogP contribution is -2.42. The first-order valence-electron chi connectivity index (χ1n) is 9.21. The Kier molecular flexibility index (Phi) is 6.18. The molecule has 2 aromatic carbocycles. The number of piperidine rings is 1. The van der Waals surface area contributed by atoms with E-state index in [0.29, 0.717) is 6.54 Å². The van der Waals surface area contributed by atoms with Gasteiger partial charge in [0.15, 0.2) is 0 Å². The SMILES string of the molecule is COc1ccc(C(=O)Nc2c(F)cccc2F)cc1S(=O)(=O)N1CCCCC1C. The molecule has 2 aromatic rings. The van der Waals surface area contributed by atoms with E-state index in [0.717, 1.165) is 31.4 Å². The van der Waals surface area contributed by atoms with Crippen LogP contribution in [0, 0.1) is 11.6 Å². The second-order valence-electron chi connectivity index (χ2n) is 6.88. The Labute approximate surface area is 168 Å². The van der Waals surface area contributed by atoms with Crippen LogP contribution in [0.15, 0.2) is 41.3 Å². The fourth-order valence-electron chi connectivity index (χ4n) is 3.38. The summed E-state index contributed by atoms with van der Waals surface area (Å²) in [5, 5.41) is 2.16. The zero-order chi connectivity index (χ0) is 21.2. The van der Waals surface area contributed by atoms with Gasteiger partial charge in [-0.2, -0.15) is 4.31 Å². The molecule has 1 saturated heterocycles. The standard InChI is InChI=1S/C20H22F2N2O4S/c1-13-6-3-4-11-24(13)29(26,27)18-12-14(9-10-17(18)28-2)20(25)23-19-15(21)7-5-8-16(19)22/h5,7-10,12-13H,3-4,6,11H2,1-2H3,(H,23,25). The monoisotopic (exact) mass is 424 g/mol. The summed E-state index contributed by atoms with van der Waals surface area (Å²) in [6.07, 6.45) is 2.44. The van der Waals surface area contributed by atoms with Gasteiger partial charge in [0.05, 0.1) is 7.11 Å². The van der Waals surface area contributed by atoms with Crippen molar-refractivity contribution in [1.82, 2.24) is 4.31 Å². The van der Waals surface area contributed by atoms with Crippen LogP contribution in [-0.4, -0.2) is 38.3 Å². The Morgan fingerprint density at radius 1 is 1.17 bits per heavy atom. The Hall–Kier alpha value is -2.52. The van der Waals surface area contributed by atoms with E-state index in [2.05, 4.69) is 5.32 Å². The van der Waals surface area contributed by atoms with Gasteiger partial charge in [0, 0.05) is 18.2 Å². The van der Waals surface area contributed by atoms with Crippen LogP contribution in [0.4, 0.5) is 14.5 Å². The first kappa shape index (κ1) is 21.2. The van der Waals surface area contributed by atoms with Gasteiger partial charge in [-0.1, -0.05) is 12.5 Å². The van der Waals surface area contributed by atoms with E-state index >= 15 is 0 Å². The number of rotatable bonds is 5. The van der Waals surface area contributed by atoms with Crippen LogP contribution in [-0.2, 0) is 10.0 Å². The van der Waals surface area contributed by atoms with Gasteiger partial charge >= 0.3 is 0 Å². The lowest BCUT2D eigenvalue weighted by molar-refractivity contribution is 0.102. The van der Waals surface area contributed by atoms with Crippen molar-refractivity contribution in [2.45, 2.75) is 37.1 Å². The molecule has 1 aliphatic heterocycles. The third-order valence-corrected chi connectivity index (χ3v) is 6.99. The molecule has 1 fully saturated rings. The topological polar surface area (TPSA) is 75.7 Å². The van der Waals surface area contributed by atoms with E-state index in [9.17, 15) is 22.0 Å². The van der Waals surface area contributed by atoms with E-state index < -0.39 is 33.3 Å². The molecule has 1 amide bonds. The van der Waals surface area contributed by atoms with E-state index in [1.54, 1.807) is 0 Å². The molecule has 0 radical (unpaired) electrons. The Bertz CT molecular complexity index is 1010. The number of benzene rings is 2. The second kappa shape index (κ2) is 8.46. The molecule has 6 nitrogen and oxygen atoms in total. The average molecular weight is 424 g/mol. The van der Waals surface area contributed by atoms with Gasteiger partial charge in [0.2, 0.25) is 10.0 Å². The minimum absolute atomic E-state index is 0.0586. The first-order chi connectivity index (χ1) is 13.8.